The first-order chi connectivity index (χ1) is 11.2. The van der Waals surface area contributed by atoms with Gasteiger partial charge in [-0.25, -0.2) is 0 Å². The third-order valence-electron chi connectivity index (χ3n) is 4.11. The van der Waals surface area contributed by atoms with Crippen LogP contribution in [-0.2, 0) is 11.3 Å². The minimum Gasteiger partial charge on any atom is -0.467 e. The normalized spacial score (nSPS) is 16.6. The van der Waals surface area contributed by atoms with E-state index < -0.39 is 0 Å². The van der Waals surface area contributed by atoms with E-state index in [1.54, 1.807) is 6.26 Å². The highest BCUT2D eigenvalue weighted by Crippen LogP contribution is 2.34. The van der Waals surface area contributed by atoms with Crippen LogP contribution in [-0.4, -0.2) is 57.7 Å². The van der Waals surface area contributed by atoms with E-state index in [-0.39, 0.29) is 0 Å². The van der Waals surface area contributed by atoms with Crippen molar-refractivity contribution in [1.29, 1.82) is 0 Å². The summed E-state index contributed by atoms with van der Waals surface area (Å²) in [6, 6.07) is 4.38. The van der Waals surface area contributed by atoms with Gasteiger partial charge in [-0.15, -0.1) is 0 Å². The van der Waals surface area contributed by atoms with Gasteiger partial charge in [0.2, 0.25) is 0 Å². The molecule has 0 aliphatic heterocycles. The summed E-state index contributed by atoms with van der Waals surface area (Å²) in [5.74, 6) is 2.57. The molecule has 2 rings (SSSR count). The number of likely N-dealkylation sites (N-methyl/N-ethyl adjacent to an activating group) is 1. The molecule has 0 bridgehead atoms. The summed E-state index contributed by atoms with van der Waals surface area (Å²) in [6.45, 7) is 3.01. The standard InChI is InChI=1S/C17H30N4O2/c1-18-17(20-12-16(21(2)3)14-7-8-14)19-9-5-10-22-13-15-6-4-11-23-15/h4,6,11,14,16H,5,7-10,12-13H2,1-3H3,(H2,18,19,20). The van der Waals surface area contributed by atoms with Crippen LogP contribution >= 0.6 is 0 Å². The second kappa shape index (κ2) is 9.57. The Morgan fingerprint density at radius 1 is 1.43 bits per heavy atom. The van der Waals surface area contributed by atoms with Gasteiger partial charge < -0.3 is 24.7 Å². The van der Waals surface area contributed by atoms with Crippen molar-refractivity contribution in [2.24, 2.45) is 10.9 Å². The molecule has 0 amide bonds. The fraction of sp³-hybridized carbons (Fsp3) is 0.706. The molecular weight excluding hydrogens is 292 g/mol. The lowest BCUT2D eigenvalue weighted by Crippen LogP contribution is -2.46. The van der Waals surface area contributed by atoms with Crippen molar-refractivity contribution >= 4 is 5.96 Å². The summed E-state index contributed by atoms with van der Waals surface area (Å²) in [5.41, 5.74) is 0. The molecule has 1 heterocycles. The van der Waals surface area contributed by atoms with Gasteiger partial charge in [-0.1, -0.05) is 0 Å². The van der Waals surface area contributed by atoms with Crippen molar-refractivity contribution < 1.29 is 9.15 Å². The summed E-state index contributed by atoms with van der Waals surface area (Å²) in [7, 11) is 6.11. The number of rotatable bonds is 10. The van der Waals surface area contributed by atoms with Crippen LogP contribution in [0.2, 0.25) is 0 Å². The van der Waals surface area contributed by atoms with Crippen molar-refractivity contribution in [3.8, 4) is 0 Å². The molecule has 6 heteroatoms. The van der Waals surface area contributed by atoms with E-state index >= 15 is 0 Å². The Labute approximate surface area is 139 Å². The third-order valence-corrected chi connectivity index (χ3v) is 4.11. The van der Waals surface area contributed by atoms with Crippen LogP contribution in [0.4, 0.5) is 0 Å². The number of aliphatic imine (C=N–C) groups is 1. The zero-order valence-corrected chi connectivity index (χ0v) is 14.5. The molecule has 1 aromatic heterocycles. The Kier molecular flexibility index (Phi) is 7.42. The van der Waals surface area contributed by atoms with E-state index in [0.717, 1.165) is 37.1 Å². The van der Waals surface area contributed by atoms with E-state index in [1.165, 1.54) is 12.8 Å². The maximum atomic E-state index is 5.56. The molecule has 1 saturated carbocycles. The zero-order chi connectivity index (χ0) is 16.5. The van der Waals surface area contributed by atoms with Gasteiger partial charge in [0.1, 0.15) is 12.4 Å². The molecule has 1 aliphatic rings. The Hall–Kier alpha value is -1.53. The molecule has 6 nitrogen and oxygen atoms in total. The predicted octanol–water partition coefficient (Wildman–Crippen LogP) is 1.69. The van der Waals surface area contributed by atoms with E-state index in [4.69, 9.17) is 9.15 Å². The van der Waals surface area contributed by atoms with Gasteiger partial charge in [0.15, 0.2) is 5.96 Å². The van der Waals surface area contributed by atoms with Crippen molar-refractivity contribution in [2.45, 2.75) is 31.9 Å². The first kappa shape index (κ1) is 17.8. The molecule has 130 valence electrons. The van der Waals surface area contributed by atoms with Crippen LogP contribution in [0.3, 0.4) is 0 Å². The fourth-order valence-electron chi connectivity index (χ4n) is 2.62. The largest absolute Gasteiger partial charge is 0.467 e. The van der Waals surface area contributed by atoms with Crippen molar-refractivity contribution in [3.05, 3.63) is 24.2 Å². The lowest BCUT2D eigenvalue weighted by atomic mass is 10.1. The van der Waals surface area contributed by atoms with E-state index in [2.05, 4.69) is 34.6 Å². The average molecular weight is 322 g/mol. The highest BCUT2D eigenvalue weighted by molar-refractivity contribution is 5.79. The van der Waals surface area contributed by atoms with Crippen LogP contribution in [0.5, 0.6) is 0 Å². The molecule has 1 unspecified atom stereocenters. The number of furan rings is 1. The highest BCUT2D eigenvalue weighted by atomic mass is 16.5. The molecular formula is C17H30N4O2. The Bertz CT molecular complexity index is 453. The van der Waals surface area contributed by atoms with Gasteiger partial charge >= 0.3 is 0 Å². The quantitative estimate of drug-likeness (QED) is 0.390. The topological polar surface area (TPSA) is 62.0 Å². The molecule has 1 aromatic rings. The monoisotopic (exact) mass is 322 g/mol. The fourth-order valence-corrected chi connectivity index (χ4v) is 2.62. The summed E-state index contributed by atoms with van der Waals surface area (Å²) in [6.07, 6.45) is 5.30. The van der Waals surface area contributed by atoms with Crippen molar-refractivity contribution in [2.75, 3.05) is 40.8 Å². The first-order valence-electron chi connectivity index (χ1n) is 8.41. The minimum absolute atomic E-state index is 0.534. The molecule has 0 radical (unpaired) electrons. The SMILES string of the molecule is CN=C(NCCCOCc1ccco1)NCC(C1CC1)N(C)C. The van der Waals surface area contributed by atoms with Crippen LogP contribution < -0.4 is 10.6 Å². The van der Waals surface area contributed by atoms with Crippen molar-refractivity contribution in [1.82, 2.24) is 15.5 Å². The summed E-state index contributed by atoms with van der Waals surface area (Å²) < 4.78 is 10.8. The first-order valence-corrected chi connectivity index (χ1v) is 8.41. The highest BCUT2D eigenvalue weighted by Gasteiger charge is 2.32. The molecule has 1 aliphatic carbocycles. The summed E-state index contributed by atoms with van der Waals surface area (Å²) in [5, 5.41) is 6.76. The van der Waals surface area contributed by atoms with Gasteiger partial charge in [0, 0.05) is 32.8 Å². The average Bonchev–Trinajstić information content (AvgIpc) is 3.23. The van der Waals surface area contributed by atoms with E-state index in [9.17, 15) is 0 Å². The van der Waals surface area contributed by atoms with Crippen LogP contribution in [0, 0.1) is 5.92 Å². The second-order valence-electron chi connectivity index (χ2n) is 6.23. The molecule has 0 aromatic carbocycles. The molecule has 1 fully saturated rings. The molecule has 1 atom stereocenters. The molecule has 2 N–H and O–H groups in total. The maximum Gasteiger partial charge on any atom is 0.191 e. The van der Waals surface area contributed by atoms with Gasteiger partial charge in [-0.3, -0.25) is 4.99 Å². The van der Waals surface area contributed by atoms with Gasteiger partial charge in [0.25, 0.3) is 0 Å². The third kappa shape index (κ3) is 6.62. The molecule has 0 saturated heterocycles. The van der Waals surface area contributed by atoms with E-state index in [1.807, 2.05) is 19.2 Å². The number of hydrogen-bond acceptors (Lipinski definition) is 4. The Balaban J connectivity index is 1.54. The number of hydrogen-bond donors (Lipinski definition) is 2. The number of guanidine groups is 1. The smallest absolute Gasteiger partial charge is 0.191 e. The molecule has 23 heavy (non-hydrogen) atoms. The van der Waals surface area contributed by atoms with Crippen LogP contribution in [0.15, 0.2) is 27.8 Å². The maximum absolute atomic E-state index is 5.56. The van der Waals surface area contributed by atoms with Gasteiger partial charge in [0.05, 0.1) is 6.26 Å². The predicted molar refractivity (Wildman–Crippen MR) is 92.5 cm³/mol. The van der Waals surface area contributed by atoms with Gasteiger partial charge in [-0.2, -0.15) is 0 Å². The minimum atomic E-state index is 0.534. The van der Waals surface area contributed by atoms with Crippen LogP contribution in [0.25, 0.3) is 0 Å². The number of nitrogens with one attached hydrogen (secondary N) is 2. The van der Waals surface area contributed by atoms with Gasteiger partial charge in [-0.05, 0) is 51.4 Å². The summed E-state index contributed by atoms with van der Waals surface area (Å²) in [4.78, 5) is 6.58. The van der Waals surface area contributed by atoms with Crippen LogP contribution in [0.1, 0.15) is 25.0 Å². The molecule has 0 spiro atoms. The lowest BCUT2D eigenvalue weighted by molar-refractivity contribution is 0.105. The van der Waals surface area contributed by atoms with Crippen molar-refractivity contribution in [3.63, 3.8) is 0 Å². The zero-order valence-electron chi connectivity index (χ0n) is 14.5. The van der Waals surface area contributed by atoms with E-state index in [0.29, 0.717) is 19.3 Å². The Morgan fingerprint density at radius 3 is 2.87 bits per heavy atom. The second-order valence-corrected chi connectivity index (χ2v) is 6.23. The number of ether oxygens (including phenoxy) is 1. The Morgan fingerprint density at radius 2 is 2.26 bits per heavy atom. The summed E-state index contributed by atoms with van der Waals surface area (Å²) >= 11 is 0. The lowest BCUT2D eigenvalue weighted by Gasteiger charge is -2.25. The number of nitrogens with zero attached hydrogens (tertiary/aromatic N) is 2.